The second-order valence-electron chi connectivity index (χ2n) is 7.26. The molecule has 0 saturated carbocycles. The second kappa shape index (κ2) is 5.29. The summed E-state index contributed by atoms with van der Waals surface area (Å²) in [6.07, 6.45) is 0.331. The van der Waals surface area contributed by atoms with Crippen LogP contribution in [0.3, 0.4) is 0 Å². The third-order valence-corrected chi connectivity index (χ3v) is 5.87. The zero-order valence-electron chi connectivity index (χ0n) is 14.7. The predicted molar refractivity (Wildman–Crippen MR) is 92.1 cm³/mol. The van der Waals surface area contributed by atoms with E-state index in [0.29, 0.717) is 13.0 Å². The van der Waals surface area contributed by atoms with Crippen molar-refractivity contribution in [1.82, 2.24) is 14.7 Å². The molecule has 3 aliphatic rings. The van der Waals surface area contributed by atoms with Crippen LogP contribution in [0.2, 0.25) is 0 Å². The van der Waals surface area contributed by atoms with Crippen LogP contribution in [-0.4, -0.2) is 79.4 Å². The molecule has 1 aromatic rings. The van der Waals surface area contributed by atoms with E-state index in [1.807, 2.05) is 25.2 Å². The molecule has 3 aliphatic heterocycles. The first-order valence-corrected chi connectivity index (χ1v) is 8.51. The number of para-hydroxylation sites is 1. The zero-order valence-corrected chi connectivity index (χ0v) is 14.7. The molecule has 7 heteroatoms. The Morgan fingerprint density at radius 3 is 2.28 bits per heavy atom. The average molecular weight is 342 g/mol. The van der Waals surface area contributed by atoms with Gasteiger partial charge in [0.25, 0.3) is 0 Å². The van der Waals surface area contributed by atoms with Crippen LogP contribution in [0.5, 0.6) is 0 Å². The number of amides is 4. The number of carbonyl (C=O) groups is 3. The lowest BCUT2D eigenvalue weighted by Crippen LogP contribution is -2.74. The lowest BCUT2D eigenvalue weighted by atomic mass is 9.67. The van der Waals surface area contributed by atoms with Crippen molar-refractivity contribution in [2.75, 3.05) is 45.7 Å². The maximum absolute atomic E-state index is 13.3. The van der Waals surface area contributed by atoms with Gasteiger partial charge in [0.05, 0.1) is 6.04 Å². The number of anilines is 1. The number of rotatable bonds is 0. The molecular weight excluding hydrogens is 320 g/mol. The summed E-state index contributed by atoms with van der Waals surface area (Å²) in [4.78, 5) is 45.3. The van der Waals surface area contributed by atoms with E-state index < -0.39 is 11.4 Å². The van der Waals surface area contributed by atoms with Crippen LogP contribution >= 0.6 is 0 Å². The van der Waals surface area contributed by atoms with E-state index in [-0.39, 0.29) is 17.9 Å². The standard InChI is InChI=1S/C18H22N4O3/c1-19-8-9-22-13-7-5-4-6-12(13)10-18(14(22)11-19)15(23)20(2)17(25)21(3)16(18)24/h4-7,14H,8-11H2,1-3H3/t14-/m1/s1. The van der Waals surface area contributed by atoms with Gasteiger partial charge in [-0.05, 0) is 25.1 Å². The van der Waals surface area contributed by atoms with Gasteiger partial charge in [-0.25, -0.2) is 4.79 Å². The van der Waals surface area contributed by atoms with Gasteiger partial charge in [0, 0.05) is 39.4 Å². The lowest BCUT2D eigenvalue weighted by Gasteiger charge is -2.55. The molecule has 0 radical (unpaired) electrons. The van der Waals surface area contributed by atoms with Gasteiger partial charge in [-0.2, -0.15) is 0 Å². The Hall–Kier alpha value is -2.41. The molecule has 4 rings (SSSR count). The molecule has 0 unspecified atom stereocenters. The monoisotopic (exact) mass is 342 g/mol. The van der Waals surface area contributed by atoms with Crippen molar-refractivity contribution in [2.24, 2.45) is 5.41 Å². The molecular formula is C18H22N4O3. The molecule has 4 amide bonds. The first-order chi connectivity index (χ1) is 11.9. The van der Waals surface area contributed by atoms with Gasteiger partial charge in [-0.3, -0.25) is 19.4 Å². The summed E-state index contributed by atoms with van der Waals surface area (Å²) in [7, 11) is 4.93. The Morgan fingerprint density at radius 2 is 1.60 bits per heavy atom. The van der Waals surface area contributed by atoms with E-state index >= 15 is 0 Å². The van der Waals surface area contributed by atoms with Gasteiger partial charge in [-0.15, -0.1) is 0 Å². The van der Waals surface area contributed by atoms with Gasteiger partial charge < -0.3 is 9.80 Å². The third-order valence-electron chi connectivity index (χ3n) is 5.87. The molecule has 0 bridgehead atoms. The topological polar surface area (TPSA) is 64.2 Å². The average Bonchev–Trinajstić information content (AvgIpc) is 2.63. The summed E-state index contributed by atoms with van der Waals surface area (Å²) in [6.45, 7) is 2.23. The molecule has 0 aliphatic carbocycles. The van der Waals surface area contributed by atoms with Crippen molar-refractivity contribution in [3.05, 3.63) is 29.8 Å². The summed E-state index contributed by atoms with van der Waals surface area (Å²) in [5.74, 6) is -0.777. The molecule has 132 valence electrons. The summed E-state index contributed by atoms with van der Waals surface area (Å²) < 4.78 is 0. The molecule has 0 N–H and O–H groups in total. The van der Waals surface area contributed by atoms with Gasteiger partial charge in [0.2, 0.25) is 11.8 Å². The van der Waals surface area contributed by atoms with Crippen molar-refractivity contribution >= 4 is 23.5 Å². The minimum Gasteiger partial charge on any atom is -0.364 e. The number of fused-ring (bicyclic) bond motifs is 4. The number of likely N-dealkylation sites (N-methyl/N-ethyl adjacent to an activating group) is 1. The van der Waals surface area contributed by atoms with Gasteiger partial charge in [-0.1, -0.05) is 18.2 Å². The van der Waals surface area contributed by atoms with E-state index in [1.54, 1.807) is 0 Å². The maximum atomic E-state index is 13.3. The highest BCUT2D eigenvalue weighted by atomic mass is 16.2. The largest absolute Gasteiger partial charge is 0.364 e. The minimum atomic E-state index is -1.25. The first kappa shape index (κ1) is 16.1. The minimum absolute atomic E-state index is 0.279. The fourth-order valence-electron chi connectivity index (χ4n) is 4.51. The fraction of sp³-hybridized carbons (Fsp3) is 0.500. The van der Waals surface area contributed by atoms with Crippen LogP contribution < -0.4 is 4.90 Å². The molecule has 7 nitrogen and oxygen atoms in total. The van der Waals surface area contributed by atoms with Crippen LogP contribution in [-0.2, 0) is 16.0 Å². The van der Waals surface area contributed by atoms with Gasteiger partial charge in [0.15, 0.2) is 5.41 Å². The van der Waals surface area contributed by atoms with Crippen LogP contribution in [0.1, 0.15) is 5.56 Å². The summed E-state index contributed by atoms with van der Waals surface area (Å²) in [6, 6.07) is 7.10. The molecule has 1 aromatic carbocycles. The first-order valence-electron chi connectivity index (χ1n) is 8.51. The number of barbiturate groups is 1. The highest BCUT2D eigenvalue weighted by Gasteiger charge is 2.63. The van der Waals surface area contributed by atoms with Crippen molar-refractivity contribution in [3.63, 3.8) is 0 Å². The number of carbonyl (C=O) groups excluding carboxylic acids is 3. The molecule has 1 spiro atoms. The highest BCUT2D eigenvalue weighted by molar-refractivity contribution is 6.20. The van der Waals surface area contributed by atoms with Gasteiger partial charge >= 0.3 is 6.03 Å². The Morgan fingerprint density at radius 1 is 0.960 bits per heavy atom. The Labute approximate surface area is 146 Å². The molecule has 2 saturated heterocycles. The van der Waals surface area contributed by atoms with Crippen molar-refractivity contribution < 1.29 is 14.4 Å². The molecule has 0 aromatic heterocycles. The Kier molecular flexibility index (Phi) is 3.40. The van der Waals surface area contributed by atoms with Crippen LogP contribution in [0.15, 0.2) is 24.3 Å². The van der Waals surface area contributed by atoms with Crippen LogP contribution in [0, 0.1) is 5.41 Å². The van der Waals surface area contributed by atoms with Crippen LogP contribution in [0.25, 0.3) is 0 Å². The second-order valence-corrected chi connectivity index (χ2v) is 7.26. The molecule has 2 fully saturated rings. The van der Waals surface area contributed by atoms with E-state index in [0.717, 1.165) is 34.1 Å². The van der Waals surface area contributed by atoms with Gasteiger partial charge in [0.1, 0.15) is 0 Å². The molecule has 3 heterocycles. The number of imide groups is 2. The Balaban J connectivity index is 1.92. The van der Waals surface area contributed by atoms with Crippen molar-refractivity contribution in [1.29, 1.82) is 0 Å². The van der Waals surface area contributed by atoms with E-state index in [1.165, 1.54) is 14.1 Å². The van der Waals surface area contributed by atoms with E-state index in [2.05, 4.69) is 15.9 Å². The van der Waals surface area contributed by atoms with Crippen molar-refractivity contribution in [2.45, 2.75) is 12.5 Å². The third kappa shape index (κ3) is 1.99. The zero-order chi connectivity index (χ0) is 17.9. The number of hydrogen-bond donors (Lipinski definition) is 0. The predicted octanol–water partition coefficient (Wildman–Crippen LogP) is 0.400. The van der Waals surface area contributed by atoms with E-state index in [4.69, 9.17) is 0 Å². The normalized spacial score (nSPS) is 26.1. The number of piperazine rings is 1. The summed E-state index contributed by atoms with van der Waals surface area (Å²) in [5, 5.41) is 0. The molecule has 1 atom stereocenters. The number of benzene rings is 1. The smallest absolute Gasteiger partial charge is 0.332 e. The SMILES string of the molecule is CN1CCN2c3ccccc3CC3(C(=O)N(C)C(=O)N(C)C3=O)[C@H]2C1. The quantitative estimate of drug-likeness (QED) is 0.639. The summed E-state index contributed by atoms with van der Waals surface area (Å²) in [5.41, 5.74) is 0.829. The van der Waals surface area contributed by atoms with E-state index in [9.17, 15) is 14.4 Å². The lowest BCUT2D eigenvalue weighted by molar-refractivity contribution is -0.160. The number of urea groups is 1. The maximum Gasteiger partial charge on any atom is 0.332 e. The Bertz CT molecular complexity index is 753. The van der Waals surface area contributed by atoms with Crippen LogP contribution in [0.4, 0.5) is 10.5 Å². The highest BCUT2D eigenvalue weighted by Crippen LogP contribution is 2.46. The fourth-order valence-corrected chi connectivity index (χ4v) is 4.51. The van der Waals surface area contributed by atoms with Crippen molar-refractivity contribution in [3.8, 4) is 0 Å². The number of nitrogens with zero attached hydrogens (tertiary/aromatic N) is 4. The number of hydrogen-bond acceptors (Lipinski definition) is 5. The summed E-state index contributed by atoms with van der Waals surface area (Å²) >= 11 is 0. The molecule has 25 heavy (non-hydrogen) atoms.